The van der Waals surface area contributed by atoms with Crippen molar-refractivity contribution < 1.29 is 5.11 Å². The Hall–Kier alpha value is -0.120. The molecule has 0 aromatic heterocycles. The summed E-state index contributed by atoms with van der Waals surface area (Å²) in [4.78, 5) is 0. The largest absolute Gasteiger partial charge is 0.392 e. The molecule has 4 unspecified atom stereocenters. The summed E-state index contributed by atoms with van der Waals surface area (Å²) in [6.45, 7) is 6.35. The number of nitrogens with one attached hydrogen (secondary N) is 2. The standard InChI is InChI=1S/C18H36N2O/c1-3-14(4-2)18(21)13-20-17-10-6-5-9-15(17)16-11-7-8-12-19-16/h14-21H,3-13H2,1-2H3. The average molecular weight is 296 g/mol. The van der Waals surface area contributed by atoms with Gasteiger partial charge in [-0.25, -0.2) is 0 Å². The molecule has 3 heteroatoms. The molecule has 2 fully saturated rings. The van der Waals surface area contributed by atoms with Gasteiger partial charge in [-0.1, -0.05) is 46.0 Å². The first kappa shape index (κ1) is 17.2. The molecule has 2 aliphatic rings. The maximum Gasteiger partial charge on any atom is 0.0692 e. The first-order valence-corrected chi connectivity index (χ1v) is 9.41. The zero-order chi connectivity index (χ0) is 15.1. The quantitative estimate of drug-likeness (QED) is 0.676. The topological polar surface area (TPSA) is 44.3 Å². The molecule has 1 heterocycles. The van der Waals surface area contributed by atoms with Crippen LogP contribution in [0.3, 0.4) is 0 Å². The van der Waals surface area contributed by atoms with Crippen LogP contribution in [0.5, 0.6) is 0 Å². The van der Waals surface area contributed by atoms with Gasteiger partial charge in [0, 0.05) is 18.6 Å². The lowest BCUT2D eigenvalue weighted by atomic mass is 9.77. The normalized spacial score (nSPS) is 32.3. The third kappa shape index (κ3) is 4.94. The fourth-order valence-corrected chi connectivity index (χ4v) is 4.41. The summed E-state index contributed by atoms with van der Waals surface area (Å²) in [5, 5.41) is 17.8. The van der Waals surface area contributed by atoms with E-state index in [2.05, 4.69) is 24.5 Å². The molecular weight excluding hydrogens is 260 g/mol. The van der Waals surface area contributed by atoms with Crippen molar-refractivity contribution >= 4 is 0 Å². The molecule has 21 heavy (non-hydrogen) atoms. The van der Waals surface area contributed by atoms with E-state index < -0.39 is 0 Å². The molecule has 3 nitrogen and oxygen atoms in total. The second-order valence-corrected chi connectivity index (χ2v) is 7.16. The summed E-state index contributed by atoms with van der Waals surface area (Å²) in [5.41, 5.74) is 0. The number of piperidine rings is 1. The zero-order valence-electron chi connectivity index (χ0n) is 14.1. The molecule has 124 valence electrons. The van der Waals surface area contributed by atoms with E-state index in [-0.39, 0.29) is 6.10 Å². The second kappa shape index (κ2) is 9.12. The minimum Gasteiger partial charge on any atom is -0.392 e. The summed E-state index contributed by atoms with van der Waals surface area (Å²) in [6, 6.07) is 1.32. The maximum absolute atomic E-state index is 10.4. The molecule has 1 aliphatic carbocycles. The van der Waals surface area contributed by atoms with Crippen LogP contribution in [0.4, 0.5) is 0 Å². The van der Waals surface area contributed by atoms with Crippen molar-refractivity contribution in [3.8, 4) is 0 Å². The Bertz CT molecular complexity index is 274. The first-order valence-electron chi connectivity index (χ1n) is 9.41. The van der Waals surface area contributed by atoms with E-state index in [4.69, 9.17) is 0 Å². The summed E-state index contributed by atoms with van der Waals surface area (Å²) >= 11 is 0. The minimum atomic E-state index is -0.179. The van der Waals surface area contributed by atoms with Gasteiger partial charge in [-0.05, 0) is 44.1 Å². The number of aliphatic hydroxyl groups is 1. The monoisotopic (exact) mass is 296 g/mol. The van der Waals surface area contributed by atoms with Gasteiger partial charge in [0.1, 0.15) is 0 Å². The second-order valence-electron chi connectivity index (χ2n) is 7.16. The van der Waals surface area contributed by atoms with E-state index >= 15 is 0 Å². The third-order valence-electron chi connectivity index (χ3n) is 5.87. The van der Waals surface area contributed by atoms with Crippen LogP contribution in [0.2, 0.25) is 0 Å². The highest BCUT2D eigenvalue weighted by Crippen LogP contribution is 2.30. The number of hydrogen-bond acceptors (Lipinski definition) is 3. The van der Waals surface area contributed by atoms with E-state index in [1.165, 1.54) is 51.5 Å². The van der Waals surface area contributed by atoms with Gasteiger partial charge < -0.3 is 15.7 Å². The Morgan fingerprint density at radius 3 is 2.43 bits per heavy atom. The van der Waals surface area contributed by atoms with E-state index in [0.717, 1.165) is 25.3 Å². The van der Waals surface area contributed by atoms with Gasteiger partial charge in [-0.3, -0.25) is 0 Å². The van der Waals surface area contributed by atoms with Crippen molar-refractivity contribution in [2.75, 3.05) is 13.1 Å². The lowest BCUT2D eigenvalue weighted by Crippen LogP contribution is -2.52. The van der Waals surface area contributed by atoms with Crippen LogP contribution < -0.4 is 10.6 Å². The van der Waals surface area contributed by atoms with Crippen LogP contribution >= 0.6 is 0 Å². The maximum atomic E-state index is 10.4. The van der Waals surface area contributed by atoms with Gasteiger partial charge in [0.05, 0.1) is 6.10 Å². The van der Waals surface area contributed by atoms with Gasteiger partial charge in [0.2, 0.25) is 0 Å². The van der Waals surface area contributed by atoms with Gasteiger partial charge in [0.15, 0.2) is 0 Å². The van der Waals surface area contributed by atoms with Crippen LogP contribution in [-0.4, -0.2) is 36.4 Å². The average Bonchev–Trinajstić information content (AvgIpc) is 2.55. The third-order valence-corrected chi connectivity index (χ3v) is 5.87. The van der Waals surface area contributed by atoms with E-state index in [0.29, 0.717) is 18.0 Å². The van der Waals surface area contributed by atoms with E-state index in [1.54, 1.807) is 0 Å². The van der Waals surface area contributed by atoms with Crippen LogP contribution in [0.15, 0.2) is 0 Å². The molecular formula is C18H36N2O. The Labute approximate surface area is 131 Å². The van der Waals surface area contributed by atoms with Crippen LogP contribution in [0.25, 0.3) is 0 Å². The Kier molecular flexibility index (Phi) is 7.48. The number of aliphatic hydroxyl groups excluding tert-OH is 1. The van der Waals surface area contributed by atoms with Crippen molar-refractivity contribution in [2.24, 2.45) is 11.8 Å². The summed E-state index contributed by atoms with van der Waals surface area (Å²) in [5.74, 6) is 1.22. The summed E-state index contributed by atoms with van der Waals surface area (Å²) < 4.78 is 0. The fraction of sp³-hybridized carbons (Fsp3) is 1.00. The summed E-state index contributed by atoms with van der Waals surface area (Å²) in [6.07, 6.45) is 11.4. The molecule has 0 aromatic carbocycles. The van der Waals surface area contributed by atoms with Gasteiger partial charge in [-0.2, -0.15) is 0 Å². The van der Waals surface area contributed by atoms with Gasteiger partial charge in [0.25, 0.3) is 0 Å². The molecule has 2 rings (SSSR count). The number of hydrogen-bond donors (Lipinski definition) is 3. The molecule has 3 N–H and O–H groups in total. The highest BCUT2D eigenvalue weighted by atomic mass is 16.3. The molecule has 0 spiro atoms. The lowest BCUT2D eigenvalue weighted by Gasteiger charge is -2.40. The van der Waals surface area contributed by atoms with Crippen molar-refractivity contribution in [3.05, 3.63) is 0 Å². The van der Waals surface area contributed by atoms with Crippen molar-refractivity contribution in [1.82, 2.24) is 10.6 Å². The van der Waals surface area contributed by atoms with Crippen LogP contribution in [0, 0.1) is 11.8 Å². The molecule has 0 radical (unpaired) electrons. The van der Waals surface area contributed by atoms with Crippen LogP contribution in [0.1, 0.15) is 71.6 Å². The van der Waals surface area contributed by atoms with Crippen molar-refractivity contribution in [3.63, 3.8) is 0 Å². The highest BCUT2D eigenvalue weighted by molar-refractivity contribution is 4.91. The Morgan fingerprint density at radius 1 is 1.05 bits per heavy atom. The van der Waals surface area contributed by atoms with Gasteiger partial charge in [-0.15, -0.1) is 0 Å². The number of rotatable bonds is 7. The smallest absolute Gasteiger partial charge is 0.0692 e. The van der Waals surface area contributed by atoms with E-state index in [1.807, 2.05) is 0 Å². The van der Waals surface area contributed by atoms with E-state index in [9.17, 15) is 5.11 Å². The predicted molar refractivity (Wildman–Crippen MR) is 89.5 cm³/mol. The van der Waals surface area contributed by atoms with Crippen molar-refractivity contribution in [1.29, 1.82) is 0 Å². The van der Waals surface area contributed by atoms with Crippen molar-refractivity contribution in [2.45, 2.75) is 89.8 Å². The molecule has 0 aromatic rings. The Balaban J connectivity index is 1.83. The summed E-state index contributed by atoms with van der Waals surface area (Å²) in [7, 11) is 0. The van der Waals surface area contributed by atoms with Crippen LogP contribution in [-0.2, 0) is 0 Å². The molecule has 4 atom stereocenters. The first-order chi connectivity index (χ1) is 10.3. The molecule has 0 amide bonds. The predicted octanol–water partition coefficient (Wildman–Crippen LogP) is 3.07. The molecule has 1 aliphatic heterocycles. The highest BCUT2D eigenvalue weighted by Gasteiger charge is 2.32. The lowest BCUT2D eigenvalue weighted by molar-refractivity contribution is 0.0874. The molecule has 1 saturated heterocycles. The SMILES string of the molecule is CCC(CC)C(O)CNC1CCCCC1C1CCCCN1. The fourth-order valence-electron chi connectivity index (χ4n) is 4.41. The zero-order valence-corrected chi connectivity index (χ0v) is 14.1. The molecule has 0 bridgehead atoms. The van der Waals surface area contributed by atoms with Gasteiger partial charge >= 0.3 is 0 Å². The molecule has 1 saturated carbocycles. The Morgan fingerprint density at radius 2 is 1.76 bits per heavy atom. The minimum absolute atomic E-state index is 0.179.